The van der Waals surface area contributed by atoms with Gasteiger partial charge in [0.05, 0.1) is 7.11 Å². The third kappa shape index (κ3) is 4.82. The Morgan fingerprint density at radius 2 is 1.66 bits per heavy atom. The van der Waals surface area contributed by atoms with Gasteiger partial charge in [-0.05, 0) is 56.7 Å². The number of benzene rings is 2. The third-order valence-corrected chi connectivity index (χ3v) is 5.68. The minimum Gasteiger partial charge on any atom is -0.497 e. The summed E-state index contributed by atoms with van der Waals surface area (Å²) in [7, 11) is 1.65. The fraction of sp³-hybridized carbons (Fsp3) is 0.320. The Kier molecular flexibility index (Phi) is 6.25. The van der Waals surface area contributed by atoms with Gasteiger partial charge in [0, 0.05) is 49.2 Å². The number of hydrogen-bond donors (Lipinski definition) is 1. The van der Waals surface area contributed by atoms with Crippen molar-refractivity contribution < 1.29 is 9.53 Å². The first-order chi connectivity index (χ1) is 15.4. The van der Waals surface area contributed by atoms with Crippen molar-refractivity contribution in [2.45, 2.75) is 20.8 Å². The van der Waals surface area contributed by atoms with Crippen LogP contribution in [0.5, 0.6) is 5.75 Å². The van der Waals surface area contributed by atoms with Crippen molar-refractivity contribution in [2.75, 3.05) is 43.5 Å². The average Bonchev–Trinajstić information content (AvgIpc) is 2.80. The lowest BCUT2D eigenvalue weighted by molar-refractivity contribution is 0.0745. The van der Waals surface area contributed by atoms with Gasteiger partial charge in [0.2, 0.25) is 5.95 Å². The summed E-state index contributed by atoms with van der Waals surface area (Å²) in [6.07, 6.45) is 0. The predicted molar refractivity (Wildman–Crippen MR) is 127 cm³/mol. The van der Waals surface area contributed by atoms with Crippen LogP contribution < -0.4 is 15.0 Å². The van der Waals surface area contributed by atoms with Crippen LogP contribution in [0.1, 0.15) is 27.2 Å². The van der Waals surface area contributed by atoms with Gasteiger partial charge in [-0.25, -0.2) is 4.98 Å². The van der Waals surface area contributed by atoms with Crippen LogP contribution in [0.4, 0.5) is 17.5 Å². The molecule has 1 aliphatic rings. The molecule has 0 radical (unpaired) electrons. The molecule has 4 rings (SSSR count). The molecule has 1 aromatic heterocycles. The van der Waals surface area contributed by atoms with Gasteiger partial charge in [0.25, 0.3) is 5.91 Å². The molecule has 0 bridgehead atoms. The number of aryl methyl sites for hydroxylation is 3. The van der Waals surface area contributed by atoms with E-state index < -0.39 is 0 Å². The van der Waals surface area contributed by atoms with Crippen LogP contribution in [0.25, 0.3) is 0 Å². The van der Waals surface area contributed by atoms with E-state index in [4.69, 9.17) is 9.72 Å². The third-order valence-electron chi connectivity index (χ3n) is 5.68. The molecule has 1 saturated heterocycles. The molecule has 3 aromatic rings. The SMILES string of the molecule is COc1ccc(Nc2cc(C)nc(N3CCN(C(=O)c4cc(C)ccc4C)CC3)n2)cc1. The smallest absolute Gasteiger partial charge is 0.254 e. The number of piperazine rings is 1. The molecule has 2 heterocycles. The van der Waals surface area contributed by atoms with Crippen LogP contribution in [0.3, 0.4) is 0 Å². The fourth-order valence-corrected chi connectivity index (χ4v) is 3.83. The summed E-state index contributed by atoms with van der Waals surface area (Å²) in [5.74, 6) is 2.33. The summed E-state index contributed by atoms with van der Waals surface area (Å²) in [5.41, 5.74) is 4.72. The topological polar surface area (TPSA) is 70.6 Å². The number of carbonyl (C=O) groups excluding carboxylic acids is 1. The summed E-state index contributed by atoms with van der Waals surface area (Å²) in [5, 5.41) is 3.34. The van der Waals surface area contributed by atoms with Gasteiger partial charge in [0.15, 0.2) is 0 Å². The molecule has 0 atom stereocenters. The van der Waals surface area contributed by atoms with E-state index in [1.165, 1.54) is 0 Å². The Bertz CT molecular complexity index is 1110. The van der Waals surface area contributed by atoms with Gasteiger partial charge in [-0.15, -0.1) is 0 Å². The zero-order valence-electron chi connectivity index (χ0n) is 19.1. The molecule has 0 aliphatic carbocycles. The number of hydrogen-bond acceptors (Lipinski definition) is 6. The summed E-state index contributed by atoms with van der Waals surface area (Å²) in [4.78, 5) is 26.4. The molecule has 7 heteroatoms. The Balaban J connectivity index is 1.44. The highest BCUT2D eigenvalue weighted by atomic mass is 16.5. The second-order valence-corrected chi connectivity index (χ2v) is 8.15. The number of amides is 1. The van der Waals surface area contributed by atoms with Crippen LogP contribution >= 0.6 is 0 Å². The maximum Gasteiger partial charge on any atom is 0.254 e. The van der Waals surface area contributed by atoms with E-state index in [1.807, 2.05) is 74.2 Å². The van der Waals surface area contributed by atoms with E-state index in [-0.39, 0.29) is 5.91 Å². The van der Waals surface area contributed by atoms with E-state index in [1.54, 1.807) is 7.11 Å². The summed E-state index contributed by atoms with van der Waals surface area (Å²) in [6, 6.07) is 15.7. The number of aromatic nitrogens is 2. The number of anilines is 3. The van der Waals surface area contributed by atoms with Crippen molar-refractivity contribution in [3.63, 3.8) is 0 Å². The maximum atomic E-state index is 13.0. The molecule has 1 aliphatic heterocycles. The van der Waals surface area contributed by atoms with Crippen LogP contribution in [-0.4, -0.2) is 54.1 Å². The Morgan fingerprint density at radius 3 is 2.34 bits per heavy atom. The molecule has 1 N–H and O–H groups in total. The van der Waals surface area contributed by atoms with E-state index in [0.717, 1.165) is 39.6 Å². The van der Waals surface area contributed by atoms with Crippen LogP contribution in [0.15, 0.2) is 48.5 Å². The first-order valence-electron chi connectivity index (χ1n) is 10.8. The van der Waals surface area contributed by atoms with Crippen molar-refractivity contribution in [3.05, 3.63) is 70.9 Å². The average molecular weight is 432 g/mol. The van der Waals surface area contributed by atoms with Crippen LogP contribution in [-0.2, 0) is 0 Å². The van der Waals surface area contributed by atoms with Gasteiger partial charge in [0.1, 0.15) is 11.6 Å². The van der Waals surface area contributed by atoms with Crippen molar-refractivity contribution >= 4 is 23.4 Å². The first kappa shape index (κ1) is 21.6. The summed E-state index contributed by atoms with van der Waals surface area (Å²) in [6.45, 7) is 8.64. The summed E-state index contributed by atoms with van der Waals surface area (Å²) >= 11 is 0. The van der Waals surface area contributed by atoms with Crippen molar-refractivity contribution in [1.29, 1.82) is 0 Å². The second-order valence-electron chi connectivity index (χ2n) is 8.15. The largest absolute Gasteiger partial charge is 0.497 e. The molecule has 0 spiro atoms. The zero-order chi connectivity index (χ0) is 22.7. The van der Waals surface area contributed by atoms with E-state index >= 15 is 0 Å². The van der Waals surface area contributed by atoms with Crippen molar-refractivity contribution in [1.82, 2.24) is 14.9 Å². The fourth-order valence-electron chi connectivity index (χ4n) is 3.83. The Labute approximate surface area is 189 Å². The highest BCUT2D eigenvalue weighted by molar-refractivity contribution is 5.96. The normalized spacial score (nSPS) is 13.8. The van der Waals surface area contributed by atoms with Gasteiger partial charge in [-0.3, -0.25) is 4.79 Å². The van der Waals surface area contributed by atoms with Crippen LogP contribution in [0.2, 0.25) is 0 Å². The molecule has 0 unspecified atom stereocenters. The monoisotopic (exact) mass is 431 g/mol. The molecule has 166 valence electrons. The zero-order valence-corrected chi connectivity index (χ0v) is 19.1. The predicted octanol–water partition coefficient (Wildman–Crippen LogP) is 4.12. The second kappa shape index (κ2) is 9.26. The lowest BCUT2D eigenvalue weighted by Crippen LogP contribution is -2.49. The molecule has 1 amide bonds. The first-order valence-corrected chi connectivity index (χ1v) is 10.8. The number of nitrogens with zero attached hydrogens (tertiary/aromatic N) is 4. The van der Waals surface area contributed by atoms with Crippen LogP contribution in [0, 0.1) is 20.8 Å². The van der Waals surface area contributed by atoms with E-state index in [0.29, 0.717) is 32.1 Å². The highest BCUT2D eigenvalue weighted by Gasteiger charge is 2.24. The molecule has 1 fully saturated rings. The lowest BCUT2D eigenvalue weighted by Gasteiger charge is -2.35. The molecule has 32 heavy (non-hydrogen) atoms. The summed E-state index contributed by atoms with van der Waals surface area (Å²) < 4.78 is 5.21. The van der Waals surface area contributed by atoms with Crippen molar-refractivity contribution in [3.8, 4) is 5.75 Å². The van der Waals surface area contributed by atoms with Gasteiger partial charge < -0.3 is 19.9 Å². The maximum absolute atomic E-state index is 13.0. The Hall–Kier alpha value is -3.61. The lowest BCUT2D eigenvalue weighted by atomic mass is 10.0. The molecule has 2 aromatic carbocycles. The highest BCUT2D eigenvalue weighted by Crippen LogP contribution is 2.22. The van der Waals surface area contributed by atoms with Crippen molar-refractivity contribution in [2.24, 2.45) is 0 Å². The number of nitrogens with one attached hydrogen (secondary N) is 1. The quantitative estimate of drug-likeness (QED) is 0.655. The molecule has 7 nitrogen and oxygen atoms in total. The molecule has 0 saturated carbocycles. The minimum absolute atomic E-state index is 0.0953. The van der Waals surface area contributed by atoms with E-state index in [2.05, 4.69) is 15.2 Å². The number of carbonyl (C=O) groups is 1. The van der Waals surface area contributed by atoms with Gasteiger partial charge >= 0.3 is 0 Å². The Morgan fingerprint density at radius 1 is 0.938 bits per heavy atom. The standard InChI is InChI=1S/C25H29N5O2/c1-17-5-6-18(2)22(15-17)24(31)29-11-13-30(14-12-29)25-26-19(3)16-23(28-25)27-20-7-9-21(32-4)10-8-20/h5-10,15-16H,11-14H2,1-4H3,(H,26,27,28). The van der Waals surface area contributed by atoms with Gasteiger partial charge in [-0.1, -0.05) is 17.7 Å². The number of rotatable bonds is 5. The molecular formula is C25H29N5O2. The number of ether oxygens (including phenoxy) is 1. The minimum atomic E-state index is 0.0953. The number of methoxy groups -OCH3 is 1. The molecular weight excluding hydrogens is 402 g/mol. The van der Waals surface area contributed by atoms with E-state index in [9.17, 15) is 4.79 Å². The van der Waals surface area contributed by atoms with Gasteiger partial charge in [-0.2, -0.15) is 4.98 Å².